The summed E-state index contributed by atoms with van der Waals surface area (Å²) in [5.74, 6) is -1.16. The summed E-state index contributed by atoms with van der Waals surface area (Å²) in [7, 11) is 0. The molecular weight excluding hydrogens is 867 g/mol. The van der Waals surface area contributed by atoms with Crippen LogP contribution in [0.3, 0.4) is 0 Å². The Morgan fingerprint density at radius 2 is 1.41 bits per heavy atom. The highest BCUT2D eigenvalue weighted by Crippen LogP contribution is 2.48. The number of esters is 1. The summed E-state index contributed by atoms with van der Waals surface area (Å²) >= 11 is 4.04. The quantitative estimate of drug-likeness (QED) is 0.0354. The summed E-state index contributed by atoms with van der Waals surface area (Å²) in [6.07, 6.45) is 0.390. The summed E-state index contributed by atoms with van der Waals surface area (Å²) in [6, 6.07) is 45.6. The zero-order valence-electron chi connectivity index (χ0n) is 35.0. The maximum Gasteiger partial charge on any atom is 0.413 e. The van der Waals surface area contributed by atoms with Gasteiger partial charge in [0.05, 0.1) is 0 Å². The number of aromatic nitrogens is 1. The molecular formula is C49H43N5O7S3. The van der Waals surface area contributed by atoms with E-state index < -0.39 is 40.5 Å². The molecule has 324 valence electrons. The summed E-state index contributed by atoms with van der Waals surface area (Å²) in [6.45, 7) is 5.23. The van der Waals surface area contributed by atoms with Gasteiger partial charge in [-0.15, -0.1) is 34.9 Å². The number of benzene rings is 5. The van der Waals surface area contributed by atoms with Crippen LogP contribution in [0.4, 0.5) is 9.93 Å². The molecule has 0 bridgehead atoms. The van der Waals surface area contributed by atoms with Crippen LogP contribution in [0.5, 0.6) is 0 Å². The number of hydrogen-bond acceptors (Lipinski definition) is 12. The van der Waals surface area contributed by atoms with Crippen LogP contribution in [0.1, 0.15) is 60.4 Å². The summed E-state index contributed by atoms with van der Waals surface area (Å²) in [5, 5.41) is 7.90. The van der Waals surface area contributed by atoms with Crippen molar-refractivity contribution >= 4 is 69.6 Å². The summed E-state index contributed by atoms with van der Waals surface area (Å²) in [5.41, 5.74) is 7.43. The van der Waals surface area contributed by atoms with Crippen LogP contribution < -0.4 is 11.1 Å². The average Bonchev–Trinajstić information content (AvgIpc) is 3.76. The van der Waals surface area contributed by atoms with Crippen LogP contribution in [-0.4, -0.2) is 61.5 Å². The fraction of sp³-hybridized carbons (Fsp3) is 0.184. The lowest BCUT2D eigenvalue weighted by molar-refractivity contribution is -0.151. The predicted octanol–water partition coefficient (Wildman–Crippen LogP) is 9.28. The van der Waals surface area contributed by atoms with E-state index in [2.05, 4.69) is 15.5 Å². The molecule has 1 aromatic heterocycles. The largest absolute Gasteiger partial charge is 0.448 e. The number of primary amides is 1. The molecule has 0 spiro atoms. The minimum Gasteiger partial charge on any atom is -0.448 e. The number of thiazole rings is 1. The first-order valence-electron chi connectivity index (χ1n) is 20.3. The molecule has 0 radical (unpaired) electrons. The van der Waals surface area contributed by atoms with Gasteiger partial charge in [0.2, 0.25) is 11.5 Å². The van der Waals surface area contributed by atoms with Gasteiger partial charge in [0.15, 0.2) is 16.9 Å². The van der Waals surface area contributed by atoms with E-state index in [1.807, 2.05) is 146 Å². The van der Waals surface area contributed by atoms with Crippen molar-refractivity contribution in [2.75, 3.05) is 11.1 Å². The van der Waals surface area contributed by atoms with Gasteiger partial charge in [-0.2, -0.15) is 0 Å². The van der Waals surface area contributed by atoms with E-state index in [-0.39, 0.29) is 33.5 Å². The van der Waals surface area contributed by atoms with Crippen molar-refractivity contribution in [2.45, 2.75) is 53.6 Å². The molecule has 3 N–H and O–H groups in total. The second-order valence-corrected chi connectivity index (χ2v) is 18.9. The van der Waals surface area contributed by atoms with Crippen LogP contribution >= 0.6 is 34.9 Å². The molecule has 5 aromatic carbocycles. The van der Waals surface area contributed by atoms with Crippen LogP contribution in [-0.2, 0) is 34.3 Å². The minimum absolute atomic E-state index is 0.0915. The van der Waals surface area contributed by atoms with Gasteiger partial charge in [-0.25, -0.2) is 14.6 Å². The first-order chi connectivity index (χ1) is 30.9. The van der Waals surface area contributed by atoms with Crippen molar-refractivity contribution in [3.05, 3.63) is 196 Å². The van der Waals surface area contributed by atoms with E-state index in [0.29, 0.717) is 22.4 Å². The maximum absolute atomic E-state index is 14.1. The van der Waals surface area contributed by atoms with Crippen molar-refractivity contribution in [3.63, 3.8) is 0 Å². The average molecular weight is 910 g/mol. The van der Waals surface area contributed by atoms with E-state index in [4.69, 9.17) is 20.0 Å². The summed E-state index contributed by atoms with van der Waals surface area (Å²) in [4.78, 5) is 66.9. The number of anilines is 1. The Bertz CT molecular complexity index is 2630. The molecule has 0 unspecified atom stereocenters. The lowest BCUT2D eigenvalue weighted by Crippen LogP contribution is -2.63. The SMILES string of the molecule is CC(C)(C)OC(=O)Nc1nc(/C(=N/OC(c2ccccc2)(c2ccccc2)c2cccc(S[C@@H]3C(=O)N4C(C(=O)OC(c5ccccc5)c5ccccc5)=CCS[C@@H]34)c2)C(N)=O)cs1. The zero-order valence-corrected chi connectivity index (χ0v) is 37.4. The molecule has 2 aliphatic rings. The lowest BCUT2D eigenvalue weighted by Gasteiger charge is -2.48. The number of ether oxygens (including phenoxy) is 2. The molecule has 2 atom stereocenters. The number of amides is 3. The Hall–Kier alpha value is -6.68. The van der Waals surface area contributed by atoms with Crippen LogP contribution in [0.2, 0.25) is 0 Å². The number of thioether (sulfide) groups is 2. The Morgan fingerprint density at radius 1 is 0.828 bits per heavy atom. The van der Waals surface area contributed by atoms with Gasteiger partial charge < -0.3 is 20.0 Å². The van der Waals surface area contributed by atoms with Gasteiger partial charge in [-0.1, -0.05) is 139 Å². The first-order valence-corrected chi connectivity index (χ1v) is 23.1. The van der Waals surface area contributed by atoms with Gasteiger partial charge in [0.25, 0.3) is 5.91 Å². The molecule has 3 amide bonds. The Kier molecular flexibility index (Phi) is 13.0. The third-order valence-corrected chi connectivity index (χ3v) is 13.5. The van der Waals surface area contributed by atoms with Gasteiger partial charge in [0.1, 0.15) is 27.6 Å². The highest BCUT2D eigenvalue weighted by atomic mass is 32.2. The fourth-order valence-electron chi connectivity index (χ4n) is 7.32. The highest BCUT2D eigenvalue weighted by molar-refractivity contribution is 8.04. The molecule has 0 aliphatic carbocycles. The molecule has 15 heteroatoms. The van der Waals surface area contributed by atoms with Crippen molar-refractivity contribution in [3.8, 4) is 0 Å². The molecule has 1 fully saturated rings. The molecule has 3 heterocycles. The minimum atomic E-state index is -1.45. The van der Waals surface area contributed by atoms with Crippen molar-refractivity contribution in [2.24, 2.45) is 10.9 Å². The molecule has 0 saturated carbocycles. The van der Waals surface area contributed by atoms with Crippen molar-refractivity contribution in [1.82, 2.24) is 9.88 Å². The predicted molar refractivity (Wildman–Crippen MR) is 250 cm³/mol. The number of oxime groups is 1. The molecule has 6 aromatic rings. The number of carbonyl (C=O) groups excluding carboxylic acids is 4. The van der Waals surface area contributed by atoms with Crippen molar-refractivity contribution < 1.29 is 33.5 Å². The van der Waals surface area contributed by atoms with E-state index in [1.54, 1.807) is 43.5 Å². The van der Waals surface area contributed by atoms with Crippen LogP contribution in [0, 0.1) is 0 Å². The smallest absolute Gasteiger partial charge is 0.413 e. The standard InChI is InChI=1S/C49H43N5O7S3/c1-48(2,3)60-47(58)52-46-51-37(30-63-46)39(42(50)55)53-61-49(33-21-12-6-13-22-33,34-23-14-7-15-24-34)35-25-16-26-36(29-35)64-41-43(56)54-38(27-28-62-44(41)54)45(57)59-40(31-17-8-4-9-18-31)32-19-10-5-11-20-32/h4-27,29-30,40-41,44H,28H2,1-3H3,(H2,50,55)(H,51,52,58)/b53-39-/t41-,44+/m1/s1. The van der Waals surface area contributed by atoms with Gasteiger partial charge in [0, 0.05) is 32.7 Å². The molecule has 12 nitrogen and oxygen atoms in total. The number of carbonyl (C=O) groups is 4. The highest BCUT2D eigenvalue weighted by Gasteiger charge is 2.53. The topological polar surface area (TPSA) is 163 Å². The third kappa shape index (κ3) is 9.47. The summed E-state index contributed by atoms with van der Waals surface area (Å²) < 4.78 is 11.5. The Labute approximate surface area is 382 Å². The Morgan fingerprint density at radius 3 is 1.98 bits per heavy atom. The molecule has 2 aliphatic heterocycles. The molecule has 1 saturated heterocycles. The number of rotatable bonds is 14. The third-order valence-electron chi connectivity index (χ3n) is 10.2. The number of nitrogens with one attached hydrogen (secondary N) is 1. The van der Waals surface area contributed by atoms with Crippen molar-refractivity contribution in [1.29, 1.82) is 0 Å². The fourth-order valence-corrected chi connectivity index (χ4v) is 10.6. The van der Waals surface area contributed by atoms with Gasteiger partial charge in [-0.05, 0) is 50.1 Å². The van der Waals surface area contributed by atoms with E-state index in [1.165, 1.54) is 17.1 Å². The van der Waals surface area contributed by atoms with Gasteiger partial charge >= 0.3 is 12.1 Å². The lowest BCUT2D eigenvalue weighted by atomic mass is 9.80. The Balaban J connectivity index is 1.08. The van der Waals surface area contributed by atoms with Crippen LogP contribution in [0.25, 0.3) is 0 Å². The zero-order chi connectivity index (χ0) is 44.8. The number of hydrogen-bond donors (Lipinski definition) is 2. The van der Waals surface area contributed by atoms with E-state index >= 15 is 0 Å². The molecule has 64 heavy (non-hydrogen) atoms. The first kappa shape index (κ1) is 43.9. The second kappa shape index (κ2) is 19.0. The number of nitrogens with two attached hydrogens (primary N) is 1. The number of fused-ring (bicyclic) bond motifs is 1. The number of nitrogens with zero attached hydrogens (tertiary/aromatic N) is 3. The van der Waals surface area contributed by atoms with E-state index in [0.717, 1.165) is 27.4 Å². The maximum atomic E-state index is 14.1. The van der Waals surface area contributed by atoms with Gasteiger partial charge in [-0.3, -0.25) is 19.8 Å². The van der Waals surface area contributed by atoms with Crippen LogP contribution in [0.15, 0.2) is 173 Å². The monoisotopic (exact) mass is 909 g/mol. The normalized spacial score (nSPS) is 16.2. The second-order valence-electron chi connectivity index (χ2n) is 15.7. The van der Waals surface area contributed by atoms with E-state index in [9.17, 15) is 19.2 Å². The number of β-lactam (4-membered cyclic amide) rings is 1. The molecule has 8 rings (SSSR count).